The summed E-state index contributed by atoms with van der Waals surface area (Å²) in [6, 6.07) is 0. The van der Waals surface area contributed by atoms with Crippen molar-refractivity contribution in [2.24, 2.45) is 35.5 Å². The molecule has 0 amide bonds. The fourth-order valence-electron chi connectivity index (χ4n) is 13.2. The number of ether oxygens (including phenoxy) is 8. The van der Waals surface area contributed by atoms with E-state index in [0.717, 1.165) is 43.4 Å². The van der Waals surface area contributed by atoms with E-state index in [1.807, 2.05) is 19.1 Å². The van der Waals surface area contributed by atoms with Gasteiger partial charge in [-0.15, -0.1) is 0 Å². The molecule has 0 radical (unpaired) electrons. The summed E-state index contributed by atoms with van der Waals surface area (Å²) in [4.78, 5) is 11.0. The molecule has 9 heterocycles. The molecule has 8 fully saturated rings. The fourth-order valence-corrected chi connectivity index (χ4v) is 13.2. The Bertz CT molecular complexity index is 1740. The van der Waals surface area contributed by atoms with Gasteiger partial charge in [-0.2, -0.15) is 0 Å². The van der Waals surface area contributed by atoms with Gasteiger partial charge in [-0.1, -0.05) is 65.8 Å². The highest BCUT2D eigenvalue weighted by Gasteiger charge is 2.64. The number of hydrogen-bond acceptors (Lipinski definition) is 12. The van der Waals surface area contributed by atoms with Gasteiger partial charge in [0.05, 0.1) is 42.7 Å². The molecule has 9 aliphatic rings. The molecule has 2 bridgehead atoms. The van der Waals surface area contributed by atoms with Crippen molar-refractivity contribution >= 4 is 5.97 Å². The van der Waals surface area contributed by atoms with Gasteiger partial charge in [0.2, 0.25) is 0 Å². The highest BCUT2D eigenvalue weighted by atomic mass is 16.8. The van der Waals surface area contributed by atoms with E-state index in [9.17, 15) is 15.0 Å². The summed E-state index contributed by atoms with van der Waals surface area (Å²) in [7, 11) is 0. The average molecular weight is 856 g/mol. The Morgan fingerprint density at radius 2 is 1.67 bits per heavy atom. The molecule has 13 nitrogen and oxygen atoms in total. The number of carboxylic acids is 1. The minimum atomic E-state index is -1.88. The number of fused-ring (bicyclic) bond motifs is 5. The van der Waals surface area contributed by atoms with Crippen LogP contribution in [0.2, 0.25) is 0 Å². The second-order valence-electron chi connectivity index (χ2n) is 21.4. The Hall–Kier alpha value is -1.75. The Balaban J connectivity index is 0.852. The van der Waals surface area contributed by atoms with Crippen molar-refractivity contribution < 1.29 is 58.0 Å². The summed E-state index contributed by atoms with van der Waals surface area (Å²) in [6.45, 7) is 20.6. The number of carboxylic acid groups (broad SMARTS) is 1. The first-order chi connectivity index (χ1) is 28.8. The topological polar surface area (TPSA) is 164 Å². The predicted octanol–water partition coefficient (Wildman–Crippen LogP) is 6.65. The van der Waals surface area contributed by atoms with E-state index >= 15 is 0 Å². The Kier molecular flexibility index (Phi) is 11.9. The number of hydrogen-bond donors (Lipinski definition) is 4. The standard InChI is InChI=1S/C48H73NO12/c1-26-16-34(11-9-10-12-40(50)51)55-44(21-26)13-14-47(61-44)32(7)19-35-36(58-47)20-38(54-35)43(52)48(53)33(8)18-29(4)41(60-48)30(5)23-45-22-27(2)17-37(56-45)42-39(57-45)24-46(59-42)31(6)15-28(3)25-49-46/h9,11,21,27-29,31-39,41-43,49,52-53H,5,10,12-20,22-25H2,1-4,6-8H3,(H,50,51)/b11-9+/t27-,28+,29+,31-,32+,33-,34-,35+,36+,37-,38-,39+,41+,42+,43+,44-,45+,46-,47-,48-/m1/s1. The van der Waals surface area contributed by atoms with E-state index in [2.05, 4.69) is 59.5 Å². The number of rotatable bonds is 9. The molecule has 0 saturated carbocycles. The van der Waals surface area contributed by atoms with Crippen molar-refractivity contribution in [3.63, 3.8) is 0 Å². The number of allylic oxidation sites excluding steroid dienone is 1. The summed E-state index contributed by atoms with van der Waals surface area (Å²) in [5, 5.41) is 37.4. The summed E-state index contributed by atoms with van der Waals surface area (Å²) < 4.78 is 54.4. The minimum Gasteiger partial charge on any atom is -0.481 e. The molecular weight excluding hydrogens is 783 g/mol. The molecule has 13 heteroatoms. The quantitative estimate of drug-likeness (QED) is 0.183. The van der Waals surface area contributed by atoms with Crippen molar-refractivity contribution in [1.29, 1.82) is 0 Å². The SMILES string of the molecule is C=C(C[C@@]12C[C@H](C)C[C@@H](O1)[C@@H]1O[C@@]3(C[C@@H]1O2)NC[C@@H](C)C[C@H]3C)[C@H]1O[C@@](O)([C@@H](O)[C@H]2C[C@@H]3O[C@@]4(CC[C@]5(C=C(C)C[C@@H](/C=C/CCC(=O)O)O5)O4)[C@@H](C)C[C@@H]3O2)[C@H](C)C[C@@H]1C. The Morgan fingerprint density at radius 3 is 2.44 bits per heavy atom. The van der Waals surface area contributed by atoms with Crippen LogP contribution in [0, 0.1) is 35.5 Å². The van der Waals surface area contributed by atoms with Crippen LogP contribution in [0.4, 0.5) is 0 Å². The van der Waals surface area contributed by atoms with E-state index in [-0.39, 0.29) is 60.8 Å². The number of carbonyl (C=O) groups is 1. The van der Waals surface area contributed by atoms with Crippen LogP contribution in [-0.4, -0.2) is 112 Å². The molecule has 9 rings (SSSR count). The molecule has 342 valence electrons. The lowest BCUT2D eigenvalue weighted by atomic mass is 9.76. The zero-order valence-electron chi connectivity index (χ0n) is 37.5. The monoisotopic (exact) mass is 856 g/mol. The van der Waals surface area contributed by atoms with Gasteiger partial charge in [0.15, 0.2) is 23.1 Å². The number of aliphatic hydroxyl groups is 2. The van der Waals surface area contributed by atoms with Gasteiger partial charge < -0.3 is 53.2 Å². The van der Waals surface area contributed by atoms with Crippen molar-refractivity contribution in [3.8, 4) is 0 Å². The molecule has 9 aliphatic heterocycles. The number of piperidine rings is 1. The van der Waals surface area contributed by atoms with Gasteiger partial charge in [0, 0.05) is 63.3 Å². The lowest BCUT2D eigenvalue weighted by Gasteiger charge is -2.53. The average Bonchev–Trinajstić information content (AvgIpc) is 3.86. The maximum Gasteiger partial charge on any atom is 0.303 e. The number of aliphatic carboxylic acids is 1. The summed E-state index contributed by atoms with van der Waals surface area (Å²) in [5.41, 5.74) is 1.54. The second kappa shape index (κ2) is 16.3. The molecule has 61 heavy (non-hydrogen) atoms. The Labute approximate surface area is 362 Å². The maximum absolute atomic E-state index is 12.4. The third-order valence-electron chi connectivity index (χ3n) is 16.2. The predicted molar refractivity (Wildman–Crippen MR) is 224 cm³/mol. The van der Waals surface area contributed by atoms with Gasteiger partial charge in [0.1, 0.15) is 17.9 Å². The van der Waals surface area contributed by atoms with Crippen LogP contribution in [0.15, 0.2) is 36.0 Å². The first-order valence-corrected chi connectivity index (χ1v) is 23.7. The fraction of sp³-hybridized carbons (Fsp3) is 0.854. The van der Waals surface area contributed by atoms with E-state index < -0.39 is 53.2 Å². The lowest BCUT2D eigenvalue weighted by Crippen LogP contribution is -2.62. The van der Waals surface area contributed by atoms with Crippen molar-refractivity contribution in [2.75, 3.05) is 6.54 Å². The van der Waals surface area contributed by atoms with Crippen LogP contribution in [0.5, 0.6) is 0 Å². The van der Waals surface area contributed by atoms with E-state index in [4.69, 9.17) is 43.0 Å². The maximum atomic E-state index is 12.4. The molecule has 0 unspecified atom stereocenters. The third kappa shape index (κ3) is 8.16. The lowest BCUT2D eigenvalue weighted by molar-refractivity contribution is -0.367. The molecule has 4 N–H and O–H groups in total. The van der Waals surface area contributed by atoms with Crippen LogP contribution in [0.1, 0.15) is 132 Å². The van der Waals surface area contributed by atoms with Gasteiger partial charge in [0.25, 0.3) is 0 Å². The first kappa shape index (κ1) is 44.5. The summed E-state index contributed by atoms with van der Waals surface area (Å²) in [5.74, 6) is -4.44. The molecule has 20 atom stereocenters. The van der Waals surface area contributed by atoms with Crippen molar-refractivity contribution in [3.05, 3.63) is 36.0 Å². The number of aliphatic hydroxyl groups excluding tert-OH is 1. The Morgan fingerprint density at radius 1 is 0.885 bits per heavy atom. The molecule has 0 aromatic carbocycles. The highest BCUT2D eigenvalue weighted by molar-refractivity contribution is 5.66. The zero-order valence-corrected chi connectivity index (χ0v) is 37.5. The smallest absolute Gasteiger partial charge is 0.303 e. The van der Waals surface area contributed by atoms with Crippen LogP contribution in [0.25, 0.3) is 0 Å². The van der Waals surface area contributed by atoms with E-state index in [0.29, 0.717) is 69.1 Å². The molecule has 0 aromatic heterocycles. The van der Waals surface area contributed by atoms with E-state index in [1.54, 1.807) is 0 Å². The molecular formula is C48H73NO12. The molecule has 3 spiro atoms. The van der Waals surface area contributed by atoms with Crippen LogP contribution < -0.4 is 5.32 Å². The van der Waals surface area contributed by atoms with E-state index in [1.165, 1.54) is 0 Å². The second-order valence-corrected chi connectivity index (χ2v) is 21.4. The van der Waals surface area contributed by atoms with Gasteiger partial charge in [-0.05, 0) is 80.8 Å². The normalized spacial score (nSPS) is 52.4. The zero-order chi connectivity index (χ0) is 43.3. The van der Waals surface area contributed by atoms with Crippen LogP contribution in [0.3, 0.4) is 0 Å². The number of nitrogens with one attached hydrogen (secondary N) is 1. The third-order valence-corrected chi connectivity index (χ3v) is 16.2. The van der Waals surface area contributed by atoms with Gasteiger partial charge >= 0.3 is 5.97 Å². The van der Waals surface area contributed by atoms with Gasteiger partial charge in [-0.25, -0.2) is 0 Å². The summed E-state index contributed by atoms with van der Waals surface area (Å²) >= 11 is 0. The van der Waals surface area contributed by atoms with Crippen molar-refractivity contribution in [2.45, 2.75) is 216 Å². The van der Waals surface area contributed by atoms with Crippen LogP contribution >= 0.6 is 0 Å². The summed E-state index contributed by atoms with van der Waals surface area (Å²) in [6.07, 6.45) is 10.3. The largest absolute Gasteiger partial charge is 0.481 e. The van der Waals surface area contributed by atoms with Crippen molar-refractivity contribution in [1.82, 2.24) is 5.32 Å². The highest BCUT2D eigenvalue weighted by Crippen LogP contribution is 2.56. The minimum absolute atomic E-state index is 0.0253. The molecule has 0 aliphatic carbocycles. The molecule has 8 saturated heterocycles. The van der Waals surface area contributed by atoms with Crippen LogP contribution in [-0.2, 0) is 42.7 Å². The molecule has 0 aromatic rings. The van der Waals surface area contributed by atoms with Gasteiger partial charge in [-0.3, -0.25) is 10.1 Å². The first-order valence-electron chi connectivity index (χ1n) is 23.7.